The highest BCUT2D eigenvalue weighted by Crippen LogP contribution is 2.33. The third-order valence-corrected chi connectivity index (χ3v) is 5.56. The van der Waals surface area contributed by atoms with Gasteiger partial charge in [-0.3, -0.25) is 14.7 Å². The Morgan fingerprint density at radius 1 is 1.07 bits per heavy atom. The number of ether oxygens (including phenoxy) is 2. The molecule has 0 aliphatic carbocycles. The summed E-state index contributed by atoms with van der Waals surface area (Å²) in [5, 5.41) is 0.614. The highest BCUT2D eigenvalue weighted by molar-refractivity contribution is 7.22. The van der Waals surface area contributed by atoms with Gasteiger partial charge in [0.05, 0.1) is 36.2 Å². The summed E-state index contributed by atoms with van der Waals surface area (Å²) in [5.74, 6) is 1.35. The number of nitrogens with zero attached hydrogens (tertiary/aromatic N) is 3. The van der Waals surface area contributed by atoms with Crippen molar-refractivity contribution in [2.75, 3.05) is 18.6 Å². The van der Waals surface area contributed by atoms with E-state index in [-0.39, 0.29) is 5.91 Å². The van der Waals surface area contributed by atoms with Gasteiger partial charge in [0.25, 0.3) is 5.91 Å². The molecule has 0 unspecified atom stereocenters. The van der Waals surface area contributed by atoms with Crippen LogP contribution < -0.4 is 14.4 Å². The molecular formula is C23H21N3O3S. The first kappa shape index (κ1) is 19.8. The predicted octanol–water partition coefficient (Wildman–Crippen LogP) is 4.95. The van der Waals surface area contributed by atoms with E-state index in [1.54, 1.807) is 42.5 Å². The number of amides is 1. The molecule has 4 aromatic rings. The molecule has 152 valence electrons. The Labute approximate surface area is 178 Å². The van der Waals surface area contributed by atoms with Crippen molar-refractivity contribution in [1.82, 2.24) is 9.97 Å². The van der Waals surface area contributed by atoms with Crippen molar-refractivity contribution in [3.63, 3.8) is 0 Å². The Hall–Kier alpha value is -3.45. The van der Waals surface area contributed by atoms with Crippen molar-refractivity contribution in [3.8, 4) is 11.5 Å². The Kier molecular flexibility index (Phi) is 5.90. The minimum atomic E-state index is -0.144. The number of hydrogen-bond donors (Lipinski definition) is 0. The van der Waals surface area contributed by atoms with Crippen molar-refractivity contribution in [2.45, 2.75) is 13.5 Å². The predicted molar refractivity (Wildman–Crippen MR) is 119 cm³/mol. The first-order valence-corrected chi connectivity index (χ1v) is 10.4. The van der Waals surface area contributed by atoms with Gasteiger partial charge in [0, 0.05) is 11.8 Å². The normalized spacial score (nSPS) is 10.7. The van der Waals surface area contributed by atoms with Crippen LogP contribution in [0.2, 0.25) is 0 Å². The van der Waals surface area contributed by atoms with Crippen molar-refractivity contribution in [3.05, 3.63) is 78.1 Å². The summed E-state index contributed by atoms with van der Waals surface area (Å²) in [6.07, 6.45) is 1.72. The van der Waals surface area contributed by atoms with Crippen molar-refractivity contribution in [2.24, 2.45) is 0 Å². The first-order valence-electron chi connectivity index (χ1n) is 9.57. The zero-order valence-electron chi connectivity index (χ0n) is 16.7. The molecular weight excluding hydrogens is 398 g/mol. The number of thiazole rings is 1. The summed E-state index contributed by atoms with van der Waals surface area (Å²) in [6.45, 7) is 2.83. The number of carbonyl (C=O) groups excluding carboxylic acids is 1. The fourth-order valence-electron chi connectivity index (χ4n) is 3.03. The van der Waals surface area contributed by atoms with Gasteiger partial charge in [-0.15, -0.1) is 0 Å². The van der Waals surface area contributed by atoms with E-state index in [4.69, 9.17) is 14.5 Å². The molecule has 0 atom stereocenters. The molecule has 2 aromatic carbocycles. The summed E-state index contributed by atoms with van der Waals surface area (Å²) in [7, 11) is 1.63. The van der Waals surface area contributed by atoms with Crippen LogP contribution in [0.5, 0.6) is 11.5 Å². The van der Waals surface area contributed by atoms with Gasteiger partial charge in [-0.1, -0.05) is 17.4 Å². The van der Waals surface area contributed by atoms with Crippen LogP contribution in [0.4, 0.5) is 5.13 Å². The number of aromatic nitrogens is 2. The van der Waals surface area contributed by atoms with Gasteiger partial charge in [-0.25, -0.2) is 4.98 Å². The molecule has 2 aromatic heterocycles. The minimum Gasteiger partial charge on any atom is -0.497 e. The summed E-state index contributed by atoms with van der Waals surface area (Å²) in [5.41, 5.74) is 2.17. The SMILES string of the molecule is CCOc1ccc(C(=O)N(Cc2ccccn2)c2nc3ccc(OC)cc3s2)cc1. The molecule has 0 bridgehead atoms. The monoisotopic (exact) mass is 419 g/mol. The van der Waals surface area contributed by atoms with E-state index < -0.39 is 0 Å². The number of hydrogen-bond acceptors (Lipinski definition) is 6. The minimum absolute atomic E-state index is 0.144. The molecule has 0 saturated heterocycles. The van der Waals surface area contributed by atoms with Crippen molar-refractivity contribution in [1.29, 1.82) is 0 Å². The van der Waals surface area contributed by atoms with Crippen LogP contribution in [-0.2, 0) is 6.54 Å². The number of pyridine rings is 1. The fraction of sp³-hybridized carbons (Fsp3) is 0.174. The van der Waals surface area contributed by atoms with Crippen LogP contribution in [-0.4, -0.2) is 29.6 Å². The third kappa shape index (κ3) is 4.26. The van der Waals surface area contributed by atoms with Gasteiger partial charge < -0.3 is 9.47 Å². The number of methoxy groups -OCH3 is 1. The van der Waals surface area contributed by atoms with E-state index in [0.717, 1.165) is 27.4 Å². The van der Waals surface area contributed by atoms with Crippen molar-refractivity contribution < 1.29 is 14.3 Å². The molecule has 0 fully saturated rings. The molecule has 0 saturated carbocycles. The maximum atomic E-state index is 13.4. The van der Waals surface area contributed by atoms with Gasteiger partial charge in [-0.2, -0.15) is 0 Å². The number of rotatable bonds is 7. The van der Waals surface area contributed by atoms with Crippen LogP contribution in [0.1, 0.15) is 23.0 Å². The third-order valence-electron chi connectivity index (χ3n) is 4.52. The molecule has 4 rings (SSSR count). The van der Waals surface area contributed by atoms with E-state index in [9.17, 15) is 4.79 Å². The average molecular weight is 420 g/mol. The molecule has 2 heterocycles. The van der Waals surface area contributed by atoms with E-state index in [1.807, 2.05) is 43.3 Å². The number of fused-ring (bicyclic) bond motifs is 1. The highest BCUT2D eigenvalue weighted by Gasteiger charge is 2.22. The van der Waals surface area contributed by atoms with Crippen LogP contribution >= 0.6 is 11.3 Å². The largest absolute Gasteiger partial charge is 0.497 e. The van der Waals surface area contributed by atoms with Gasteiger partial charge >= 0.3 is 0 Å². The molecule has 6 nitrogen and oxygen atoms in total. The number of anilines is 1. The van der Waals surface area contributed by atoms with Gasteiger partial charge in [0.1, 0.15) is 11.5 Å². The maximum Gasteiger partial charge on any atom is 0.260 e. The lowest BCUT2D eigenvalue weighted by Gasteiger charge is -2.19. The standard InChI is InChI=1S/C23H21N3O3S/c1-3-29-18-9-7-16(8-10-18)22(27)26(15-17-6-4-5-13-24-17)23-25-20-12-11-19(28-2)14-21(20)30-23/h4-14H,3,15H2,1-2H3. The molecule has 0 N–H and O–H groups in total. The van der Waals surface area contributed by atoms with Crippen LogP contribution in [0.3, 0.4) is 0 Å². The Morgan fingerprint density at radius 3 is 2.57 bits per heavy atom. The van der Waals surface area contributed by atoms with Crippen LogP contribution in [0, 0.1) is 0 Å². The Bertz CT molecular complexity index is 1140. The maximum absolute atomic E-state index is 13.4. The van der Waals surface area contributed by atoms with Crippen LogP contribution in [0.15, 0.2) is 66.9 Å². The smallest absolute Gasteiger partial charge is 0.260 e. The van der Waals surface area contributed by atoms with E-state index >= 15 is 0 Å². The molecule has 0 aliphatic rings. The molecule has 7 heteroatoms. The Balaban J connectivity index is 1.71. The van der Waals surface area contributed by atoms with Gasteiger partial charge in [0.15, 0.2) is 5.13 Å². The quantitative estimate of drug-likeness (QED) is 0.424. The number of carbonyl (C=O) groups is 1. The lowest BCUT2D eigenvalue weighted by atomic mass is 10.2. The summed E-state index contributed by atoms with van der Waals surface area (Å²) in [6, 6.07) is 18.5. The highest BCUT2D eigenvalue weighted by atomic mass is 32.1. The molecule has 0 radical (unpaired) electrons. The lowest BCUT2D eigenvalue weighted by Crippen LogP contribution is -2.30. The van der Waals surface area contributed by atoms with E-state index in [2.05, 4.69) is 4.98 Å². The second-order valence-electron chi connectivity index (χ2n) is 6.50. The summed E-state index contributed by atoms with van der Waals surface area (Å²) in [4.78, 5) is 24.2. The zero-order valence-corrected chi connectivity index (χ0v) is 17.6. The zero-order chi connectivity index (χ0) is 20.9. The fourth-order valence-corrected chi connectivity index (χ4v) is 4.02. The Morgan fingerprint density at radius 2 is 1.87 bits per heavy atom. The molecule has 0 spiro atoms. The number of benzene rings is 2. The van der Waals surface area contributed by atoms with E-state index in [0.29, 0.717) is 23.8 Å². The average Bonchev–Trinajstić information content (AvgIpc) is 3.21. The van der Waals surface area contributed by atoms with Crippen LogP contribution in [0.25, 0.3) is 10.2 Å². The lowest BCUT2D eigenvalue weighted by molar-refractivity contribution is 0.0985. The van der Waals surface area contributed by atoms with Crippen molar-refractivity contribution >= 4 is 32.6 Å². The second-order valence-corrected chi connectivity index (χ2v) is 7.51. The van der Waals surface area contributed by atoms with Gasteiger partial charge in [-0.05, 0) is 61.5 Å². The van der Waals surface area contributed by atoms with E-state index in [1.165, 1.54) is 11.3 Å². The first-order chi connectivity index (χ1) is 14.7. The second kappa shape index (κ2) is 8.92. The molecule has 1 amide bonds. The molecule has 30 heavy (non-hydrogen) atoms. The van der Waals surface area contributed by atoms with Gasteiger partial charge in [0.2, 0.25) is 0 Å². The summed E-state index contributed by atoms with van der Waals surface area (Å²) >= 11 is 1.45. The molecule has 0 aliphatic heterocycles. The topological polar surface area (TPSA) is 64.5 Å². The summed E-state index contributed by atoms with van der Waals surface area (Å²) < 4.78 is 11.8.